The van der Waals surface area contributed by atoms with Gasteiger partial charge in [-0.15, -0.1) is 0 Å². The number of hydrogen-bond acceptors (Lipinski definition) is 4. The first-order valence-electron chi connectivity index (χ1n) is 7.21. The topological polar surface area (TPSA) is 68.3 Å². The minimum atomic E-state index is -0.221. The molecule has 4 rings (SSSR count). The van der Waals surface area contributed by atoms with Gasteiger partial charge in [-0.3, -0.25) is 4.79 Å². The van der Waals surface area contributed by atoms with E-state index in [1.165, 1.54) is 6.08 Å². The summed E-state index contributed by atoms with van der Waals surface area (Å²) in [5.74, 6) is 1.69. The highest BCUT2D eigenvalue weighted by molar-refractivity contribution is 6.02. The molecule has 5 nitrogen and oxygen atoms in total. The molecule has 2 aromatic heterocycles. The molecule has 0 atom stereocenters. The molecule has 1 amide bonds. The summed E-state index contributed by atoms with van der Waals surface area (Å²) in [6, 6.07) is 9.02. The number of benzene rings is 1. The van der Waals surface area contributed by atoms with Crippen LogP contribution in [0.5, 0.6) is 0 Å². The molecule has 0 spiro atoms. The van der Waals surface area contributed by atoms with Gasteiger partial charge in [0.15, 0.2) is 11.5 Å². The van der Waals surface area contributed by atoms with Crippen LogP contribution in [0, 0.1) is 0 Å². The maximum Gasteiger partial charge on any atom is 0.248 e. The summed E-state index contributed by atoms with van der Waals surface area (Å²) in [4.78, 5) is 16.4. The monoisotopic (exact) mass is 294 g/mol. The average Bonchev–Trinajstić information content (AvgIpc) is 3.08. The molecule has 2 heterocycles. The number of oxazole rings is 1. The summed E-state index contributed by atoms with van der Waals surface area (Å²) < 4.78 is 10.8. The Labute approximate surface area is 126 Å². The predicted molar refractivity (Wildman–Crippen MR) is 82.4 cm³/mol. The quantitative estimate of drug-likeness (QED) is 0.740. The van der Waals surface area contributed by atoms with Crippen LogP contribution in [0.25, 0.3) is 17.2 Å². The Morgan fingerprint density at radius 1 is 1.32 bits per heavy atom. The zero-order chi connectivity index (χ0) is 14.9. The van der Waals surface area contributed by atoms with E-state index in [4.69, 9.17) is 8.83 Å². The Morgan fingerprint density at radius 2 is 2.23 bits per heavy atom. The molecular weight excluding hydrogens is 280 g/mol. The molecule has 3 aromatic rings. The van der Waals surface area contributed by atoms with E-state index < -0.39 is 0 Å². The van der Waals surface area contributed by atoms with Crippen molar-refractivity contribution >= 4 is 28.8 Å². The van der Waals surface area contributed by atoms with Crippen LogP contribution in [0.3, 0.4) is 0 Å². The lowest BCUT2D eigenvalue weighted by atomic mass is 10.3. The van der Waals surface area contributed by atoms with E-state index >= 15 is 0 Å². The molecule has 0 bridgehead atoms. The van der Waals surface area contributed by atoms with Gasteiger partial charge in [0.05, 0.1) is 6.26 Å². The van der Waals surface area contributed by atoms with Gasteiger partial charge in [0.2, 0.25) is 5.91 Å². The van der Waals surface area contributed by atoms with Gasteiger partial charge >= 0.3 is 0 Å². The van der Waals surface area contributed by atoms with Gasteiger partial charge in [0.25, 0.3) is 0 Å². The van der Waals surface area contributed by atoms with Gasteiger partial charge in [-0.25, -0.2) is 4.98 Å². The number of rotatable bonds is 4. The molecule has 1 N–H and O–H groups in total. The third kappa shape index (κ3) is 2.65. The van der Waals surface area contributed by atoms with Gasteiger partial charge in [0.1, 0.15) is 11.3 Å². The fourth-order valence-corrected chi connectivity index (χ4v) is 2.26. The van der Waals surface area contributed by atoms with Gasteiger partial charge < -0.3 is 14.2 Å². The average molecular weight is 294 g/mol. The fourth-order valence-electron chi connectivity index (χ4n) is 2.26. The second kappa shape index (κ2) is 5.18. The summed E-state index contributed by atoms with van der Waals surface area (Å²) in [5, 5.41) is 2.80. The maximum atomic E-state index is 11.9. The second-order valence-electron chi connectivity index (χ2n) is 5.35. The van der Waals surface area contributed by atoms with Crippen LogP contribution in [0.15, 0.2) is 51.5 Å². The van der Waals surface area contributed by atoms with Gasteiger partial charge in [-0.05, 0) is 49.2 Å². The number of anilines is 1. The first-order chi connectivity index (χ1) is 10.8. The fraction of sp³-hybridized carbons (Fsp3) is 0.176. The van der Waals surface area contributed by atoms with Crippen molar-refractivity contribution in [3.8, 4) is 0 Å². The Morgan fingerprint density at radius 3 is 3.00 bits per heavy atom. The molecule has 1 aliphatic carbocycles. The van der Waals surface area contributed by atoms with Gasteiger partial charge in [0, 0.05) is 17.7 Å². The van der Waals surface area contributed by atoms with E-state index in [0.29, 0.717) is 17.4 Å². The van der Waals surface area contributed by atoms with E-state index in [1.54, 1.807) is 24.5 Å². The van der Waals surface area contributed by atoms with Gasteiger partial charge in [-0.2, -0.15) is 0 Å². The van der Waals surface area contributed by atoms with Crippen molar-refractivity contribution in [3.05, 3.63) is 54.3 Å². The highest BCUT2D eigenvalue weighted by Gasteiger charge is 2.28. The highest BCUT2D eigenvalue weighted by Crippen LogP contribution is 2.40. The summed E-state index contributed by atoms with van der Waals surface area (Å²) in [5.41, 5.74) is 2.22. The van der Waals surface area contributed by atoms with E-state index in [2.05, 4.69) is 10.3 Å². The highest BCUT2D eigenvalue weighted by atomic mass is 16.3. The van der Waals surface area contributed by atoms with Crippen molar-refractivity contribution in [2.45, 2.75) is 18.8 Å². The van der Waals surface area contributed by atoms with Crippen LogP contribution in [0.1, 0.15) is 30.4 Å². The number of nitrogens with one attached hydrogen (secondary N) is 1. The van der Waals surface area contributed by atoms with Crippen LogP contribution >= 0.6 is 0 Å². The third-order valence-electron chi connectivity index (χ3n) is 3.54. The van der Waals surface area contributed by atoms with Crippen LogP contribution in [0.4, 0.5) is 5.69 Å². The van der Waals surface area contributed by atoms with Gasteiger partial charge in [-0.1, -0.05) is 0 Å². The number of fused-ring (bicyclic) bond motifs is 1. The van der Waals surface area contributed by atoms with Crippen molar-refractivity contribution in [2.24, 2.45) is 0 Å². The lowest BCUT2D eigenvalue weighted by Gasteiger charge is -2.00. The number of nitrogens with zero attached hydrogens (tertiary/aromatic N) is 1. The summed E-state index contributed by atoms with van der Waals surface area (Å²) in [6.45, 7) is 0. The molecule has 0 radical (unpaired) electrons. The summed E-state index contributed by atoms with van der Waals surface area (Å²) in [6.07, 6.45) is 6.91. The van der Waals surface area contributed by atoms with E-state index in [9.17, 15) is 4.79 Å². The standard InChI is InChI=1S/C17H14N2O3/c20-16(8-6-13-2-1-9-21-13)18-12-5-7-15-14(10-12)19-17(22-15)11-3-4-11/h1-2,5-11H,3-4H2,(H,18,20). The van der Waals surface area contributed by atoms with Crippen molar-refractivity contribution in [3.63, 3.8) is 0 Å². The molecular formula is C17H14N2O3. The molecule has 1 fully saturated rings. The summed E-state index contributed by atoms with van der Waals surface area (Å²) >= 11 is 0. The van der Waals surface area contributed by atoms with Crippen LogP contribution in [0.2, 0.25) is 0 Å². The van der Waals surface area contributed by atoms with Crippen molar-refractivity contribution in [2.75, 3.05) is 5.32 Å². The molecule has 1 saturated carbocycles. The zero-order valence-corrected chi connectivity index (χ0v) is 11.8. The normalized spacial score (nSPS) is 14.7. The van der Waals surface area contributed by atoms with E-state index in [0.717, 1.165) is 29.8 Å². The van der Waals surface area contributed by atoms with Crippen LogP contribution in [-0.2, 0) is 4.79 Å². The Bertz CT molecular complexity index is 842. The Balaban J connectivity index is 1.49. The number of hydrogen-bond donors (Lipinski definition) is 1. The van der Waals surface area contributed by atoms with Crippen LogP contribution in [-0.4, -0.2) is 10.9 Å². The molecule has 0 saturated heterocycles. The molecule has 0 aliphatic heterocycles. The molecule has 110 valence electrons. The number of aromatic nitrogens is 1. The number of carbonyl (C=O) groups excluding carboxylic acids is 1. The lowest BCUT2D eigenvalue weighted by molar-refractivity contribution is -0.111. The largest absolute Gasteiger partial charge is 0.465 e. The molecule has 1 aromatic carbocycles. The van der Waals surface area contributed by atoms with E-state index in [1.807, 2.05) is 18.2 Å². The first kappa shape index (κ1) is 12.9. The molecule has 22 heavy (non-hydrogen) atoms. The first-order valence-corrected chi connectivity index (χ1v) is 7.21. The maximum absolute atomic E-state index is 11.9. The third-order valence-corrected chi connectivity index (χ3v) is 3.54. The number of furan rings is 1. The van der Waals surface area contributed by atoms with Crippen molar-refractivity contribution in [1.82, 2.24) is 4.98 Å². The smallest absolute Gasteiger partial charge is 0.248 e. The molecule has 1 aliphatic rings. The lowest BCUT2D eigenvalue weighted by Crippen LogP contribution is -2.07. The second-order valence-corrected chi connectivity index (χ2v) is 5.35. The number of carbonyl (C=O) groups is 1. The Hall–Kier alpha value is -2.82. The predicted octanol–water partition coefficient (Wildman–Crippen LogP) is 3.95. The Kier molecular flexibility index (Phi) is 3.04. The minimum Gasteiger partial charge on any atom is -0.465 e. The van der Waals surface area contributed by atoms with Crippen molar-refractivity contribution in [1.29, 1.82) is 0 Å². The summed E-state index contributed by atoms with van der Waals surface area (Å²) in [7, 11) is 0. The van der Waals surface area contributed by atoms with Crippen molar-refractivity contribution < 1.29 is 13.6 Å². The number of amides is 1. The SMILES string of the molecule is O=C(C=Cc1ccco1)Nc1ccc2oc(C3CC3)nc2c1. The van der Waals surface area contributed by atoms with E-state index in [-0.39, 0.29) is 5.91 Å². The van der Waals surface area contributed by atoms with Crippen LogP contribution < -0.4 is 5.32 Å². The molecule has 5 heteroatoms. The minimum absolute atomic E-state index is 0.221. The zero-order valence-electron chi connectivity index (χ0n) is 11.8. The molecule has 0 unspecified atom stereocenters.